The molecule has 0 saturated carbocycles. The Morgan fingerprint density at radius 1 is 1.40 bits per heavy atom. The zero-order chi connectivity index (χ0) is 15.3. The Bertz CT molecular complexity index is 542. The molecule has 108 valence electrons. The molecule has 3 N–H and O–H groups in total. The molecule has 0 aliphatic carbocycles. The van der Waals surface area contributed by atoms with E-state index in [1.54, 1.807) is 13.8 Å². The van der Waals surface area contributed by atoms with Crippen LogP contribution >= 0.6 is 0 Å². The molecule has 0 radical (unpaired) electrons. The van der Waals surface area contributed by atoms with Crippen molar-refractivity contribution in [2.45, 2.75) is 19.9 Å². The van der Waals surface area contributed by atoms with Crippen molar-refractivity contribution < 1.29 is 19.6 Å². The molecule has 8 nitrogen and oxygen atoms in total. The summed E-state index contributed by atoms with van der Waals surface area (Å²) in [7, 11) is 0. The summed E-state index contributed by atoms with van der Waals surface area (Å²) in [5.74, 6) is -1.56. The van der Waals surface area contributed by atoms with Crippen LogP contribution in [0.25, 0.3) is 0 Å². The van der Waals surface area contributed by atoms with Crippen LogP contribution < -0.4 is 10.6 Å². The molecule has 0 aromatic heterocycles. The third-order valence-corrected chi connectivity index (χ3v) is 2.33. The van der Waals surface area contributed by atoms with Gasteiger partial charge in [0.05, 0.1) is 17.0 Å². The molecule has 0 spiro atoms. The normalized spacial score (nSPS) is 10.2. The van der Waals surface area contributed by atoms with Gasteiger partial charge < -0.3 is 15.7 Å². The van der Waals surface area contributed by atoms with E-state index in [9.17, 15) is 19.7 Å². The average Bonchev–Trinajstić information content (AvgIpc) is 2.35. The number of hydrogen-bond donors (Lipinski definition) is 3. The highest BCUT2D eigenvalue weighted by molar-refractivity contribution is 5.90. The van der Waals surface area contributed by atoms with E-state index in [4.69, 9.17) is 5.11 Å². The first-order valence-corrected chi connectivity index (χ1v) is 5.86. The van der Waals surface area contributed by atoms with Crippen molar-refractivity contribution in [3.8, 4) is 0 Å². The fraction of sp³-hybridized carbons (Fsp3) is 0.333. The number of carbonyl (C=O) groups excluding carboxylic acids is 1. The van der Waals surface area contributed by atoms with Gasteiger partial charge in [0.1, 0.15) is 5.69 Å². The smallest absolute Gasteiger partial charge is 0.335 e. The van der Waals surface area contributed by atoms with Crippen LogP contribution in [0.15, 0.2) is 18.2 Å². The van der Waals surface area contributed by atoms with Crippen molar-refractivity contribution in [2.75, 3.05) is 11.9 Å². The summed E-state index contributed by atoms with van der Waals surface area (Å²) in [5, 5.41) is 24.9. The maximum absolute atomic E-state index is 11.4. The van der Waals surface area contributed by atoms with E-state index in [1.807, 2.05) is 0 Å². The summed E-state index contributed by atoms with van der Waals surface area (Å²) in [6.07, 6.45) is 0. The van der Waals surface area contributed by atoms with Gasteiger partial charge in [-0.3, -0.25) is 14.9 Å². The van der Waals surface area contributed by atoms with E-state index in [0.29, 0.717) is 0 Å². The van der Waals surface area contributed by atoms with E-state index in [-0.39, 0.29) is 35.4 Å². The SMILES string of the molecule is CC(C)NC(=O)CNc1ccc(C(=O)O)cc1[N+](=O)[O-]. The fourth-order valence-electron chi connectivity index (χ4n) is 1.51. The number of nitrogens with zero attached hydrogens (tertiary/aromatic N) is 1. The zero-order valence-corrected chi connectivity index (χ0v) is 11.0. The number of benzene rings is 1. The topological polar surface area (TPSA) is 122 Å². The third-order valence-electron chi connectivity index (χ3n) is 2.33. The van der Waals surface area contributed by atoms with Gasteiger partial charge in [-0.15, -0.1) is 0 Å². The molecular formula is C12H15N3O5. The summed E-state index contributed by atoms with van der Waals surface area (Å²) >= 11 is 0. The molecule has 1 amide bonds. The Kier molecular flexibility index (Phi) is 5.01. The first-order valence-electron chi connectivity index (χ1n) is 5.86. The summed E-state index contributed by atoms with van der Waals surface area (Å²) in [4.78, 5) is 32.4. The van der Waals surface area contributed by atoms with Gasteiger partial charge in [-0.1, -0.05) is 0 Å². The number of anilines is 1. The molecule has 20 heavy (non-hydrogen) atoms. The van der Waals surface area contributed by atoms with Crippen molar-refractivity contribution in [1.82, 2.24) is 5.32 Å². The van der Waals surface area contributed by atoms with Crippen LogP contribution in [0.2, 0.25) is 0 Å². The minimum Gasteiger partial charge on any atom is -0.478 e. The Morgan fingerprint density at radius 3 is 2.55 bits per heavy atom. The van der Waals surface area contributed by atoms with Gasteiger partial charge in [0.2, 0.25) is 5.91 Å². The largest absolute Gasteiger partial charge is 0.478 e. The lowest BCUT2D eigenvalue weighted by atomic mass is 10.1. The quantitative estimate of drug-likeness (QED) is 0.532. The maximum Gasteiger partial charge on any atom is 0.335 e. The Balaban J connectivity index is 2.87. The number of aromatic carboxylic acids is 1. The van der Waals surface area contributed by atoms with E-state index in [2.05, 4.69) is 10.6 Å². The molecule has 1 aromatic carbocycles. The lowest BCUT2D eigenvalue weighted by Crippen LogP contribution is -2.34. The molecule has 0 heterocycles. The van der Waals surface area contributed by atoms with E-state index in [1.165, 1.54) is 12.1 Å². The summed E-state index contributed by atoms with van der Waals surface area (Å²) in [5.41, 5.74) is -0.477. The minimum atomic E-state index is -1.25. The number of nitro benzene ring substituents is 1. The average molecular weight is 281 g/mol. The lowest BCUT2D eigenvalue weighted by molar-refractivity contribution is -0.384. The number of nitro groups is 1. The Labute approximate surface area is 114 Å². The van der Waals surface area contributed by atoms with E-state index >= 15 is 0 Å². The number of carbonyl (C=O) groups is 2. The molecule has 1 rings (SSSR count). The zero-order valence-electron chi connectivity index (χ0n) is 11.0. The summed E-state index contributed by atoms with van der Waals surface area (Å²) in [6, 6.07) is 3.42. The van der Waals surface area contributed by atoms with Gasteiger partial charge in [-0.05, 0) is 26.0 Å². The van der Waals surface area contributed by atoms with Crippen LogP contribution in [0.3, 0.4) is 0 Å². The highest BCUT2D eigenvalue weighted by Gasteiger charge is 2.17. The number of amides is 1. The van der Waals surface area contributed by atoms with Crippen LogP contribution in [-0.4, -0.2) is 34.5 Å². The van der Waals surface area contributed by atoms with Crippen LogP contribution in [0, 0.1) is 10.1 Å². The molecule has 0 unspecified atom stereocenters. The predicted octanol–water partition coefficient (Wildman–Crippen LogP) is 1.23. The van der Waals surface area contributed by atoms with Crippen molar-refractivity contribution in [1.29, 1.82) is 0 Å². The summed E-state index contributed by atoms with van der Waals surface area (Å²) in [6.45, 7) is 3.45. The monoisotopic (exact) mass is 281 g/mol. The van der Waals surface area contributed by atoms with E-state index < -0.39 is 10.9 Å². The van der Waals surface area contributed by atoms with Gasteiger partial charge in [0, 0.05) is 12.1 Å². The molecule has 0 aliphatic rings. The first-order chi connectivity index (χ1) is 9.31. The highest BCUT2D eigenvalue weighted by Crippen LogP contribution is 2.25. The number of carboxylic acids is 1. The van der Waals surface area contributed by atoms with Gasteiger partial charge in [-0.25, -0.2) is 4.79 Å². The highest BCUT2D eigenvalue weighted by atomic mass is 16.6. The van der Waals surface area contributed by atoms with Crippen LogP contribution in [0.1, 0.15) is 24.2 Å². The van der Waals surface area contributed by atoms with Crippen LogP contribution in [0.4, 0.5) is 11.4 Å². The second kappa shape index (κ2) is 6.50. The van der Waals surface area contributed by atoms with Crippen LogP contribution in [0.5, 0.6) is 0 Å². The molecule has 0 saturated heterocycles. The fourth-order valence-corrected chi connectivity index (χ4v) is 1.51. The van der Waals surface area contributed by atoms with Gasteiger partial charge in [0.25, 0.3) is 5.69 Å². The number of hydrogen-bond acceptors (Lipinski definition) is 5. The van der Waals surface area contributed by atoms with Gasteiger partial charge >= 0.3 is 5.97 Å². The van der Waals surface area contributed by atoms with Crippen molar-refractivity contribution in [3.05, 3.63) is 33.9 Å². The van der Waals surface area contributed by atoms with Crippen molar-refractivity contribution >= 4 is 23.3 Å². The molecule has 0 atom stereocenters. The Morgan fingerprint density at radius 2 is 2.05 bits per heavy atom. The minimum absolute atomic E-state index is 0.0336. The third kappa shape index (κ3) is 4.23. The number of rotatable bonds is 6. The standard InChI is InChI=1S/C12H15N3O5/c1-7(2)14-11(16)6-13-9-4-3-8(12(17)18)5-10(9)15(19)20/h3-5,7,13H,6H2,1-2H3,(H,14,16)(H,17,18). The second-order valence-electron chi connectivity index (χ2n) is 4.37. The number of nitrogens with one attached hydrogen (secondary N) is 2. The van der Waals surface area contributed by atoms with Gasteiger partial charge in [-0.2, -0.15) is 0 Å². The van der Waals surface area contributed by atoms with Crippen molar-refractivity contribution in [2.24, 2.45) is 0 Å². The summed E-state index contributed by atoms with van der Waals surface area (Å²) < 4.78 is 0. The molecule has 0 bridgehead atoms. The molecule has 0 fully saturated rings. The van der Waals surface area contributed by atoms with E-state index in [0.717, 1.165) is 6.07 Å². The molecular weight excluding hydrogens is 266 g/mol. The second-order valence-corrected chi connectivity index (χ2v) is 4.37. The maximum atomic E-state index is 11.4. The van der Waals surface area contributed by atoms with Crippen molar-refractivity contribution in [3.63, 3.8) is 0 Å². The number of carboxylic acid groups (broad SMARTS) is 1. The van der Waals surface area contributed by atoms with Gasteiger partial charge in [0.15, 0.2) is 0 Å². The molecule has 0 aliphatic heterocycles. The first kappa shape index (κ1) is 15.4. The lowest BCUT2D eigenvalue weighted by Gasteiger charge is -2.10. The molecule has 8 heteroatoms. The van der Waals surface area contributed by atoms with Crippen LogP contribution in [-0.2, 0) is 4.79 Å². The Hall–Kier alpha value is -2.64. The predicted molar refractivity (Wildman–Crippen MR) is 71.8 cm³/mol. The molecule has 1 aromatic rings.